The normalized spacial score (nSPS) is 11.8. The lowest BCUT2D eigenvalue weighted by molar-refractivity contribution is -0.139. The summed E-state index contributed by atoms with van der Waals surface area (Å²) in [5.41, 5.74) is 1.60. The first-order valence-electron chi connectivity index (χ1n) is 10.8. The number of hydrogen-bond donors (Lipinski definition) is 2. The Morgan fingerprint density at radius 3 is 2.39 bits per heavy atom. The van der Waals surface area contributed by atoms with Gasteiger partial charge in [-0.2, -0.15) is 0 Å². The van der Waals surface area contributed by atoms with E-state index < -0.39 is 16.0 Å². The standard InChI is InChI=1S/C25H23N5O5S/c1-17(24-21(16-23(31)35-2)28-30(25(24)32)19-8-4-3-5-9-19)27-18-11-13-20(14-12-18)36(33,34)29-22-10-6-7-15-26-22/h3-15,28H,16H2,1-2H3,(H,26,29). The molecule has 0 fully saturated rings. The van der Waals surface area contributed by atoms with E-state index in [4.69, 9.17) is 4.74 Å². The lowest BCUT2D eigenvalue weighted by atomic mass is 10.1. The molecule has 0 saturated heterocycles. The van der Waals surface area contributed by atoms with Crippen molar-refractivity contribution in [2.45, 2.75) is 18.2 Å². The van der Waals surface area contributed by atoms with Crippen LogP contribution >= 0.6 is 0 Å². The quantitative estimate of drug-likeness (QED) is 0.279. The molecule has 0 unspecified atom stereocenters. The van der Waals surface area contributed by atoms with Crippen LogP contribution in [0.4, 0.5) is 11.5 Å². The summed E-state index contributed by atoms with van der Waals surface area (Å²) in [7, 11) is -2.57. The lowest BCUT2D eigenvalue weighted by Crippen LogP contribution is -2.20. The number of aromatic nitrogens is 3. The van der Waals surface area contributed by atoms with Crippen molar-refractivity contribution in [3.8, 4) is 5.69 Å². The fraction of sp³-hybridized carbons (Fsp3) is 0.120. The highest BCUT2D eigenvalue weighted by Gasteiger charge is 2.21. The number of anilines is 1. The number of H-pyrrole nitrogens is 1. The Labute approximate surface area is 207 Å². The highest BCUT2D eigenvalue weighted by atomic mass is 32.2. The summed E-state index contributed by atoms with van der Waals surface area (Å²) in [5.74, 6) is -0.309. The lowest BCUT2D eigenvalue weighted by Gasteiger charge is -2.07. The molecule has 0 atom stereocenters. The van der Waals surface area contributed by atoms with E-state index in [0.29, 0.717) is 22.8 Å². The molecule has 2 aromatic heterocycles. The van der Waals surface area contributed by atoms with Gasteiger partial charge in [0.25, 0.3) is 15.6 Å². The number of para-hydroxylation sites is 1. The maximum absolute atomic E-state index is 13.3. The summed E-state index contributed by atoms with van der Waals surface area (Å²) in [6, 6.07) is 19.7. The van der Waals surface area contributed by atoms with Crippen LogP contribution in [0, 0.1) is 0 Å². The van der Waals surface area contributed by atoms with E-state index in [2.05, 4.69) is 19.8 Å². The Morgan fingerprint density at radius 1 is 1.06 bits per heavy atom. The third-order valence-electron chi connectivity index (χ3n) is 5.24. The molecule has 0 aliphatic heterocycles. The summed E-state index contributed by atoms with van der Waals surface area (Å²) >= 11 is 0. The highest BCUT2D eigenvalue weighted by molar-refractivity contribution is 7.92. The zero-order valence-electron chi connectivity index (χ0n) is 19.5. The number of sulfonamides is 1. The number of benzene rings is 2. The first kappa shape index (κ1) is 24.6. The van der Waals surface area contributed by atoms with Crippen molar-refractivity contribution in [3.63, 3.8) is 0 Å². The molecule has 184 valence electrons. The zero-order chi connectivity index (χ0) is 25.7. The number of esters is 1. The Morgan fingerprint density at radius 2 is 1.75 bits per heavy atom. The predicted molar refractivity (Wildman–Crippen MR) is 135 cm³/mol. The van der Waals surface area contributed by atoms with Gasteiger partial charge in [0.2, 0.25) is 0 Å². The van der Waals surface area contributed by atoms with Crippen molar-refractivity contribution in [2.24, 2.45) is 4.99 Å². The van der Waals surface area contributed by atoms with Gasteiger partial charge >= 0.3 is 5.97 Å². The summed E-state index contributed by atoms with van der Waals surface area (Å²) in [5, 5.41) is 2.98. The number of carbonyl (C=O) groups excluding carboxylic acids is 1. The van der Waals surface area contributed by atoms with Crippen LogP contribution in [-0.4, -0.2) is 42.0 Å². The second-order valence-electron chi connectivity index (χ2n) is 7.71. The first-order chi connectivity index (χ1) is 17.3. The van der Waals surface area contributed by atoms with E-state index in [0.717, 1.165) is 0 Å². The minimum atomic E-state index is -3.84. The van der Waals surface area contributed by atoms with E-state index in [1.165, 1.54) is 42.3 Å². The maximum Gasteiger partial charge on any atom is 0.311 e. The fourth-order valence-electron chi connectivity index (χ4n) is 3.53. The number of rotatable bonds is 8. The molecular formula is C25H23N5O5S. The van der Waals surface area contributed by atoms with Gasteiger partial charge in [-0.15, -0.1) is 0 Å². The zero-order valence-corrected chi connectivity index (χ0v) is 20.3. The van der Waals surface area contributed by atoms with Crippen LogP contribution < -0.4 is 10.3 Å². The van der Waals surface area contributed by atoms with Crippen LogP contribution in [0.2, 0.25) is 0 Å². The first-order valence-corrected chi connectivity index (χ1v) is 12.3. The second-order valence-corrected chi connectivity index (χ2v) is 9.39. The van der Waals surface area contributed by atoms with Gasteiger partial charge in [-0.3, -0.25) is 24.4 Å². The number of aromatic amines is 1. The monoisotopic (exact) mass is 505 g/mol. The number of methoxy groups -OCH3 is 1. The molecular weight excluding hydrogens is 482 g/mol. The van der Waals surface area contributed by atoms with Gasteiger partial charge in [0.15, 0.2) is 0 Å². The summed E-state index contributed by atoms with van der Waals surface area (Å²) in [6.07, 6.45) is 1.34. The number of carbonyl (C=O) groups is 1. The average Bonchev–Trinajstić information content (AvgIpc) is 3.20. The van der Waals surface area contributed by atoms with Crippen LogP contribution in [0.15, 0.2) is 93.7 Å². The number of pyridine rings is 1. The summed E-state index contributed by atoms with van der Waals surface area (Å²) < 4.78 is 33.8. The minimum Gasteiger partial charge on any atom is -0.469 e. The van der Waals surface area contributed by atoms with Gasteiger partial charge < -0.3 is 4.74 Å². The topological polar surface area (TPSA) is 136 Å². The molecule has 0 spiro atoms. The molecule has 4 rings (SSSR count). The van der Waals surface area contributed by atoms with Crippen molar-refractivity contribution >= 4 is 33.2 Å². The molecule has 2 heterocycles. The number of hydrogen-bond acceptors (Lipinski definition) is 7. The van der Waals surface area contributed by atoms with Crippen LogP contribution in [-0.2, 0) is 26.0 Å². The van der Waals surface area contributed by atoms with Crippen LogP contribution in [0.25, 0.3) is 5.69 Å². The molecule has 0 radical (unpaired) electrons. The summed E-state index contributed by atoms with van der Waals surface area (Å²) in [4.78, 5) is 33.7. The van der Waals surface area contributed by atoms with E-state index in [1.807, 2.05) is 6.07 Å². The SMILES string of the molecule is COC(=O)Cc1[nH]n(-c2ccccc2)c(=O)c1C(C)=Nc1ccc(S(=O)(=O)Nc2ccccn2)cc1. The van der Waals surface area contributed by atoms with Gasteiger partial charge in [0.05, 0.1) is 46.8 Å². The fourth-order valence-corrected chi connectivity index (χ4v) is 4.54. The molecule has 0 bridgehead atoms. The Bertz CT molecular complexity index is 1560. The molecule has 2 N–H and O–H groups in total. The smallest absolute Gasteiger partial charge is 0.311 e. The van der Waals surface area contributed by atoms with E-state index in [9.17, 15) is 18.0 Å². The highest BCUT2D eigenvalue weighted by Crippen LogP contribution is 2.20. The Balaban J connectivity index is 1.66. The second kappa shape index (κ2) is 10.4. The number of nitrogens with zero attached hydrogens (tertiary/aromatic N) is 3. The summed E-state index contributed by atoms with van der Waals surface area (Å²) in [6.45, 7) is 1.65. The third kappa shape index (κ3) is 5.41. The van der Waals surface area contributed by atoms with Gasteiger partial charge in [-0.1, -0.05) is 24.3 Å². The van der Waals surface area contributed by atoms with Crippen molar-refractivity contribution < 1.29 is 17.9 Å². The van der Waals surface area contributed by atoms with Crippen molar-refractivity contribution in [3.05, 3.63) is 101 Å². The molecule has 0 aliphatic carbocycles. The van der Waals surface area contributed by atoms with Crippen LogP contribution in [0.1, 0.15) is 18.2 Å². The van der Waals surface area contributed by atoms with Gasteiger partial charge in [0, 0.05) is 6.20 Å². The van der Waals surface area contributed by atoms with Crippen molar-refractivity contribution in [1.82, 2.24) is 14.8 Å². The maximum atomic E-state index is 13.3. The van der Waals surface area contributed by atoms with Gasteiger partial charge in [-0.25, -0.2) is 18.1 Å². The van der Waals surface area contributed by atoms with Gasteiger partial charge in [0.1, 0.15) is 5.82 Å². The van der Waals surface area contributed by atoms with E-state index in [-0.39, 0.29) is 28.3 Å². The molecule has 10 nitrogen and oxygen atoms in total. The minimum absolute atomic E-state index is 0.0317. The third-order valence-corrected chi connectivity index (χ3v) is 6.61. The molecule has 2 aromatic carbocycles. The molecule has 0 amide bonds. The average molecular weight is 506 g/mol. The molecule has 36 heavy (non-hydrogen) atoms. The number of ether oxygens (including phenoxy) is 1. The van der Waals surface area contributed by atoms with Gasteiger partial charge in [-0.05, 0) is 55.5 Å². The predicted octanol–water partition coefficient (Wildman–Crippen LogP) is 3.22. The van der Waals surface area contributed by atoms with Crippen molar-refractivity contribution in [2.75, 3.05) is 11.8 Å². The largest absolute Gasteiger partial charge is 0.469 e. The number of aliphatic imine (C=N–C) groups is 1. The van der Waals surface area contributed by atoms with E-state index >= 15 is 0 Å². The number of nitrogens with one attached hydrogen (secondary N) is 2. The van der Waals surface area contributed by atoms with Crippen LogP contribution in [0.5, 0.6) is 0 Å². The Hall–Kier alpha value is -4.51. The molecule has 0 aliphatic rings. The molecule has 0 saturated carbocycles. The molecule has 4 aromatic rings. The van der Waals surface area contributed by atoms with Crippen LogP contribution in [0.3, 0.4) is 0 Å². The molecule has 11 heteroatoms. The van der Waals surface area contributed by atoms with E-state index in [1.54, 1.807) is 49.4 Å². The van der Waals surface area contributed by atoms with Crippen molar-refractivity contribution in [1.29, 1.82) is 0 Å². The Kier molecular flexibility index (Phi) is 7.11.